The quantitative estimate of drug-likeness (QED) is 0.509. The Morgan fingerprint density at radius 3 is 2.80 bits per heavy atom. The monoisotopic (exact) mass is 299 g/mol. The fraction of sp³-hybridized carbons (Fsp3) is 0.364. The standard InChI is InChI=1S/C11H10ClN3O5/c12-9-8(15(19)20)7(1-3-13-9)10(16)14-4-2-6(5-14)11(17)18/h1,3,6H,2,4-5H2,(H,17,18). The van der Waals surface area contributed by atoms with Crippen molar-refractivity contribution < 1.29 is 19.6 Å². The Morgan fingerprint density at radius 1 is 1.55 bits per heavy atom. The van der Waals surface area contributed by atoms with Gasteiger partial charge in [0.2, 0.25) is 5.15 Å². The molecule has 0 spiro atoms. The van der Waals surface area contributed by atoms with Gasteiger partial charge in [0.25, 0.3) is 5.91 Å². The molecule has 1 amide bonds. The molecule has 0 saturated carbocycles. The van der Waals surface area contributed by atoms with Crippen molar-refractivity contribution in [3.8, 4) is 0 Å². The van der Waals surface area contributed by atoms with Gasteiger partial charge < -0.3 is 10.0 Å². The zero-order valence-corrected chi connectivity index (χ0v) is 10.9. The summed E-state index contributed by atoms with van der Waals surface area (Å²) in [6, 6.07) is 1.21. The maximum Gasteiger partial charge on any atom is 0.319 e. The summed E-state index contributed by atoms with van der Waals surface area (Å²) >= 11 is 5.64. The second-order valence-corrected chi connectivity index (χ2v) is 4.69. The molecule has 1 aromatic rings. The van der Waals surface area contributed by atoms with Crippen LogP contribution < -0.4 is 0 Å². The largest absolute Gasteiger partial charge is 0.481 e. The number of likely N-dealkylation sites (tertiary alicyclic amines) is 1. The lowest BCUT2D eigenvalue weighted by molar-refractivity contribution is -0.385. The number of rotatable bonds is 3. The fourth-order valence-corrected chi connectivity index (χ4v) is 2.32. The SMILES string of the molecule is O=C(O)C1CCN(C(=O)c2ccnc(Cl)c2[N+](=O)[O-])C1. The van der Waals surface area contributed by atoms with Crippen LogP contribution in [0.3, 0.4) is 0 Å². The normalized spacial score (nSPS) is 18.1. The predicted molar refractivity (Wildman–Crippen MR) is 67.5 cm³/mol. The predicted octanol–water partition coefficient (Wildman–Crippen LogP) is 1.19. The van der Waals surface area contributed by atoms with E-state index in [0.29, 0.717) is 6.42 Å². The van der Waals surface area contributed by atoms with Gasteiger partial charge in [-0.3, -0.25) is 19.7 Å². The van der Waals surface area contributed by atoms with E-state index in [-0.39, 0.29) is 23.8 Å². The number of halogens is 1. The van der Waals surface area contributed by atoms with Crippen LogP contribution in [0.15, 0.2) is 12.3 Å². The lowest BCUT2D eigenvalue weighted by Gasteiger charge is -2.15. The number of nitrogens with zero attached hydrogens (tertiary/aromatic N) is 3. The highest BCUT2D eigenvalue weighted by Crippen LogP contribution is 2.28. The highest BCUT2D eigenvalue weighted by atomic mass is 35.5. The zero-order chi connectivity index (χ0) is 14.9. The molecular weight excluding hydrogens is 290 g/mol. The molecule has 1 unspecified atom stereocenters. The minimum Gasteiger partial charge on any atom is -0.481 e. The summed E-state index contributed by atoms with van der Waals surface area (Å²) in [7, 11) is 0. The van der Waals surface area contributed by atoms with E-state index in [1.807, 2.05) is 0 Å². The first kappa shape index (κ1) is 14.2. The van der Waals surface area contributed by atoms with Gasteiger partial charge in [-0.1, -0.05) is 11.6 Å². The number of pyridine rings is 1. The van der Waals surface area contributed by atoms with E-state index in [1.54, 1.807) is 0 Å². The van der Waals surface area contributed by atoms with Crippen LogP contribution in [0.4, 0.5) is 5.69 Å². The van der Waals surface area contributed by atoms with E-state index >= 15 is 0 Å². The number of hydrogen-bond donors (Lipinski definition) is 1. The Bertz CT molecular complexity index is 591. The molecule has 8 nitrogen and oxygen atoms in total. The molecule has 1 aliphatic heterocycles. The number of carboxylic acid groups (broad SMARTS) is 1. The van der Waals surface area contributed by atoms with E-state index in [4.69, 9.17) is 16.7 Å². The van der Waals surface area contributed by atoms with Gasteiger partial charge in [0.1, 0.15) is 5.56 Å². The lowest BCUT2D eigenvalue weighted by atomic mass is 10.1. The van der Waals surface area contributed by atoms with Crippen LogP contribution in [0.25, 0.3) is 0 Å². The van der Waals surface area contributed by atoms with Crippen molar-refractivity contribution in [1.82, 2.24) is 9.88 Å². The smallest absolute Gasteiger partial charge is 0.319 e. The van der Waals surface area contributed by atoms with Crippen LogP contribution in [-0.2, 0) is 4.79 Å². The van der Waals surface area contributed by atoms with Gasteiger partial charge in [-0.05, 0) is 12.5 Å². The highest BCUT2D eigenvalue weighted by Gasteiger charge is 2.34. The molecule has 1 fully saturated rings. The Balaban J connectivity index is 2.29. The van der Waals surface area contributed by atoms with Crippen molar-refractivity contribution in [3.63, 3.8) is 0 Å². The molecule has 106 valence electrons. The number of hydrogen-bond acceptors (Lipinski definition) is 5. The molecule has 0 bridgehead atoms. The maximum absolute atomic E-state index is 12.2. The third kappa shape index (κ3) is 2.55. The lowest BCUT2D eigenvalue weighted by Crippen LogP contribution is -2.30. The van der Waals surface area contributed by atoms with E-state index in [1.165, 1.54) is 17.2 Å². The average molecular weight is 300 g/mol. The van der Waals surface area contributed by atoms with E-state index in [9.17, 15) is 19.7 Å². The third-order valence-corrected chi connectivity index (χ3v) is 3.39. The molecule has 2 rings (SSSR count). The van der Waals surface area contributed by atoms with Crippen LogP contribution in [0.2, 0.25) is 5.15 Å². The molecule has 0 aliphatic carbocycles. The van der Waals surface area contributed by atoms with Crippen LogP contribution in [0.5, 0.6) is 0 Å². The number of carbonyl (C=O) groups excluding carboxylic acids is 1. The average Bonchev–Trinajstić information content (AvgIpc) is 2.86. The van der Waals surface area contributed by atoms with Crippen molar-refractivity contribution in [2.75, 3.05) is 13.1 Å². The summed E-state index contributed by atoms with van der Waals surface area (Å²) < 4.78 is 0. The number of nitro groups is 1. The summed E-state index contributed by atoms with van der Waals surface area (Å²) in [6.07, 6.45) is 1.53. The molecule has 1 saturated heterocycles. The fourth-order valence-electron chi connectivity index (χ4n) is 2.09. The molecule has 1 aromatic heterocycles. The number of carbonyl (C=O) groups is 2. The second-order valence-electron chi connectivity index (χ2n) is 4.33. The first-order chi connectivity index (χ1) is 9.41. The molecule has 1 atom stereocenters. The molecule has 1 N–H and O–H groups in total. The molecular formula is C11H10ClN3O5. The summed E-state index contributed by atoms with van der Waals surface area (Å²) in [5.41, 5.74) is -0.737. The topological polar surface area (TPSA) is 114 Å². The van der Waals surface area contributed by atoms with Crippen molar-refractivity contribution in [2.45, 2.75) is 6.42 Å². The van der Waals surface area contributed by atoms with Gasteiger partial charge in [-0.25, -0.2) is 4.98 Å². The van der Waals surface area contributed by atoms with Crippen molar-refractivity contribution in [3.05, 3.63) is 33.1 Å². The van der Waals surface area contributed by atoms with Gasteiger partial charge in [-0.2, -0.15) is 0 Å². The summed E-state index contributed by atoms with van der Waals surface area (Å²) in [4.78, 5) is 38.1. The van der Waals surface area contributed by atoms with Crippen molar-refractivity contribution in [2.24, 2.45) is 5.92 Å². The second kappa shape index (κ2) is 5.41. The highest BCUT2D eigenvalue weighted by molar-refractivity contribution is 6.32. The first-order valence-corrected chi connectivity index (χ1v) is 6.10. The maximum atomic E-state index is 12.2. The minimum absolute atomic E-state index is 0.0330. The number of aromatic nitrogens is 1. The first-order valence-electron chi connectivity index (χ1n) is 5.72. The van der Waals surface area contributed by atoms with Gasteiger partial charge in [0.15, 0.2) is 0 Å². The van der Waals surface area contributed by atoms with Gasteiger partial charge in [0.05, 0.1) is 10.8 Å². The summed E-state index contributed by atoms with van der Waals surface area (Å²) in [5.74, 6) is -2.23. The molecule has 0 aromatic carbocycles. The Hall–Kier alpha value is -2.22. The van der Waals surface area contributed by atoms with Crippen LogP contribution in [0, 0.1) is 16.0 Å². The third-order valence-electron chi connectivity index (χ3n) is 3.12. The van der Waals surface area contributed by atoms with Crippen LogP contribution in [0.1, 0.15) is 16.8 Å². The van der Waals surface area contributed by atoms with Gasteiger partial charge in [-0.15, -0.1) is 0 Å². The molecule has 0 radical (unpaired) electrons. The summed E-state index contributed by atoms with van der Waals surface area (Å²) in [6.45, 7) is 0.276. The number of carboxylic acids is 1. The number of amides is 1. The zero-order valence-electron chi connectivity index (χ0n) is 10.2. The van der Waals surface area contributed by atoms with E-state index in [0.717, 1.165) is 0 Å². The molecule has 20 heavy (non-hydrogen) atoms. The van der Waals surface area contributed by atoms with Gasteiger partial charge in [0, 0.05) is 19.3 Å². The molecule has 9 heteroatoms. The van der Waals surface area contributed by atoms with E-state index < -0.39 is 28.4 Å². The van der Waals surface area contributed by atoms with E-state index in [2.05, 4.69) is 4.98 Å². The Kier molecular flexibility index (Phi) is 3.84. The van der Waals surface area contributed by atoms with Gasteiger partial charge >= 0.3 is 11.7 Å². The Morgan fingerprint density at radius 2 is 2.25 bits per heavy atom. The molecule has 1 aliphatic rings. The number of aliphatic carboxylic acids is 1. The minimum atomic E-state index is -0.984. The Labute approximate surface area is 118 Å². The molecule has 2 heterocycles. The summed E-state index contributed by atoms with van der Waals surface area (Å²) in [5, 5.41) is 19.5. The van der Waals surface area contributed by atoms with Crippen LogP contribution in [-0.4, -0.2) is 44.9 Å². The van der Waals surface area contributed by atoms with Crippen molar-refractivity contribution >= 4 is 29.2 Å². The van der Waals surface area contributed by atoms with Crippen LogP contribution >= 0.6 is 11.6 Å². The van der Waals surface area contributed by atoms with Crippen molar-refractivity contribution in [1.29, 1.82) is 0 Å².